The molecule has 1 heterocycles. The summed E-state index contributed by atoms with van der Waals surface area (Å²) >= 11 is 0. The highest BCUT2D eigenvalue weighted by molar-refractivity contribution is 5.92. The molecule has 0 aromatic heterocycles. The summed E-state index contributed by atoms with van der Waals surface area (Å²) in [6.07, 6.45) is 3.18. The van der Waals surface area contributed by atoms with Crippen LogP contribution >= 0.6 is 0 Å². The normalized spacial score (nSPS) is 13.7. The molecule has 7 nitrogen and oxygen atoms in total. The van der Waals surface area contributed by atoms with Crippen molar-refractivity contribution in [1.29, 1.82) is 0 Å². The number of carbonyl (C=O) groups excluding carboxylic acids is 1. The molecule has 1 aliphatic heterocycles. The summed E-state index contributed by atoms with van der Waals surface area (Å²) in [4.78, 5) is 12.7. The van der Waals surface area contributed by atoms with E-state index in [1.54, 1.807) is 39.5 Å². The van der Waals surface area contributed by atoms with E-state index in [1.807, 2.05) is 18.2 Å². The maximum absolute atomic E-state index is 12.7. The van der Waals surface area contributed by atoms with Crippen LogP contribution in [0.2, 0.25) is 0 Å². The highest BCUT2D eigenvalue weighted by Gasteiger charge is 2.21. The summed E-state index contributed by atoms with van der Waals surface area (Å²) in [5.41, 5.74) is 1.67. The lowest BCUT2D eigenvalue weighted by Crippen LogP contribution is -2.30. The van der Waals surface area contributed by atoms with Crippen molar-refractivity contribution in [2.75, 3.05) is 34.5 Å². The molecule has 0 spiro atoms. The first-order valence-electron chi connectivity index (χ1n) is 10.1. The number of rotatable bonds is 8. The van der Waals surface area contributed by atoms with Crippen molar-refractivity contribution >= 4 is 12.0 Å². The first-order valence-corrected chi connectivity index (χ1v) is 10.1. The molecule has 166 valence electrons. The fourth-order valence-electron chi connectivity index (χ4n) is 3.44. The third-order valence-corrected chi connectivity index (χ3v) is 5.04. The minimum absolute atomic E-state index is 0.176. The van der Waals surface area contributed by atoms with Gasteiger partial charge in [0.15, 0.2) is 23.0 Å². The monoisotopic (exact) mass is 427 g/mol. The molecule has 0 fully saturated rings. The maximum Gasteiger partial charge on any atom is 0.244 e. The molecule has 31 heavy (non-hydrogen) atoms. The number of carbonyl (C=O) groups is 1. The van der Waals surface area contributed by atoms with Crippen LogP contribution in [0.3, 0.4) is 0 Å². The van der Waals surface area contributed by atoms with Gasteiger partial charge >= 0.3 is 0 Å². The Morgan fingerprint density at radius 2 is 1.58 bits per heavy atom. The second-order valence-corrected chi connectivity index (χ2v) is 7.42. The lowest BCUT2D eigenvalue weighted by Gasteiger charge is -2.25. The van der Waals surface area contributed by atoms with Crippen molar-refractivity contribution in [3.8, 4) is 28.7 Å². The lowest BCUT2D eigenvalue weighted by atomic mass is 9.95. The third kappa shape index (κ3) is 5.23. The topological polar surface area (TPSA) is 75.3 Å². The summed E-state index contributed by atoms with van der Waals surface area (Å²) in [6, 6.07) is 9.08. The van der Waals surface area contributed by atoms with Crippen LogP contribution in [0.5, 0.6) is 28.7 Å². The van der Waals surface area contributed by atoms with Crippen LogP contribution in [0.15, 0.2) is 36.4 Å². The van der Waals surface area contributed by atoms with Crippen molar-refractivity contribution in [1.82, 2.24) is 5.32 Å². The molecule has 1 amide bonds. The zero-order valence-corrected chi connectivity index (χ0v) is 18.6. The largest absolute Gasteiger partial charge is 0.496 e. The first kappa shape index (κ1) is 22.3. The number of hydrogen-bond acceptors (Lipinski definition) is 6. The van der Waals surface area contributed by atoms with Crippen molar-refractivity contribution < 1.29 is 28.5 Å². The number of benzene rings is 2. The van der Waals surface area contributed by atoms with Gasteiger partial charge in [-0.25, -0.2) is 0 Å². The standard InChI is InChI=1S/C24H29NO6/c1-15(2)24(17-6-8-18-22(13-17)31-11-10-30-18)25-23(26)9-7-16-12-20(28-4)21(29-5)14-19(16)27-3/h6-9,12-15,24H,10-11H2,1-5H3,(H,25,26)/b9-7+/t24-/m1/s1. The van der Waals surface area contributed by atoms with Gasteiger partial charge in [-0.05, 0) is 35.8 Å². The van der Waals surface area contributed by atoms with Gasteiger partial charge in [0, 0.05) is 17.7 Å². The Kier molecular flexibility index (Phi) is 7.28. The Labute approximate surface area is 182 Å². The molecule has 1 N–H and O–H groups in total. The molecule has 0 saturated carbocycles. The number of hydrogen-bond donors (Lipinski definition) is 1. The van der Waals surface area contributed by atoms with Gasteiger partial charge in [0.25, 0.3) is 0 Å². The summed E-state index contributed by atoms with van der Waals surface area (Å²) < 4.78 is 27.3. The van der Waals surface area contributed by atoms with E-state index >= 15 is 0 Å². The molecule has 0 radical (unpaired) electrons. The van der Waals surface area contributed by atoms with Crippen molar-refractivity contribution in [3.63, 3.8) is 0 Å². The molecule has 7 heteroatoms. The van der Waals surface area contributed by atoms with Crippen molar-refractivity contribution in [3.05, 3.63) is 47.5 Å². The van der Waals surface area contributed by atoms with E-state index in [0.29, 0.717) is 41.8 Å². The summed E-state index contributed by atoms with van der Waals surface area (Å²) in [7, 11) is 4.69. The smallest absolute Gasteiger partial charge is 0.244 e. The number of ether oxygens (including phenoxy) is 5. The molecule has 0 aliphatic carbocycles. The highest BCUT2D eigenvalue weighted by atomic mass is 16.6. The predicted molar refractivity (Wildman–Crippen MR) is 118 cm³/mol. The Hall–Kier alpha value is -3.35. The average molecular weight is 427 g/mol. The van der Waals surface area contributed by atoms with Crippen molar-refractivity contribution in [2.45, 2.75) is 19.9 Å². The molecular weight excluding hydrogens is 398 g/mol. The van der Waals surface area contributed by atoms with Gasteiger partial charge in [-0.1, -0.05) is 19.9 Å². The number of methoxy groups -OCH3 is 3. The fourth-order valence-corrected chi connectivity index (χ4v) is 3.44. The number of nitrogens with one attached hydrogen (secondary N) is 1. The van der Waals surface area contributed by atoms with Crippen LogP contribution in [0.1, 0.15) is 31.0 Å². The SMILES string of the molecule is COc1cc(OC)c(OC)cc1/C=C/C(=O)N[C@@H](c1ccc2c(c1)OCCO2)C(C)C. The predicted octanol–water partition coefficient (Wildman–Crippen LogP) is 4.01. The van der Waals surface area contributed by atoms with Crippen LogP contribution in [-0.2, 0) is 4.79 Å². The molecule has 2 aromatic carbocycles. The Morgan fingerprint density at radius 1 is 0.935 bits per heavy atom. The zero-order chi connectivity index (χ0) is 22.4. The summed E-state index contributed by atoms with van der Waals surface area (Å²) in [6.45, 7) is 5.18. The highest BCUT2D eigenvalue weighted by Crippen LogP contribution is 2.36. The van der Waals surface area contributed by atoms with Crippen LogP contribution in [0.25, 0.3) is 6.08 Å². The third-order valence-electron chi connectivity index (χ3n) is 5.04. The summed E-state index contributed by atoms with van der Waals surface area (Å²) in [5, 5.41) is 3.08. The quantitative estimate of drug-likeness (QED) is 0.642. The molecule has 0 bridgehead atoms. The Morgan fingerprint density at radius 3 is 2.23 bits per heavy atom. The average Bonchev–Trinajstić information content (AvgIpc) is 2.79. The molecule has 0 saturated heterocycles. The molecule has 1 atom stereocenters. The van der Waals surface area contributed by atoms with Crippen LogP contribution in [0.4, 0.5) is 0 Å². The van der Waals surface area contributed by atoms with E-state index in [0.717, 1.165) is 11.3 Å². The van der Waals surface area contributed by atoms with Crippen LogP contribution in [-0.4, -0.2) is 40.5 Å². The molecule has 2 aromatic rings. The molecule has 1 aliphatic rings. The number of amides is 1. The van der Waals surface area contributed by atoms with Crippen LogP contribution < -0.4 is 29.0 Å². The van der Waals surface area contributed by atoms with E-state index in [4.69, 9.17) is 23.7 Å². The van der Waals surface area contributed by atoms with Gasteiger partial charge < -0.3 is 29.0 Å². The Bertz CT molecular complexity index is 953. The van der Waals surface area contributed by atoms with E-state index in [2.05, 4.69) is 19.2 Å². The van der Waals surface area contributed by atoms with Gasteiger partial charge in [0.05, 0.1) is 27.4 Å². The van der Waals surface area contributed by atoms with Gasteiger partial charge in [0.2, 0.25) is 5.91 Å². The minimum Gasteiger partial charge on any atom is -0.496 e. The van der Waals surface area contributed by atoms with Gasteiger partial charge in [-0.3, -0.25) is 4.79 Å². The molecule has 3 rings (SSSR count). The second-order valence-electron chi connectivity index (χ2n) is 7.42. The summed E-state index contributed by atoms with van der Waals surface area (Å²) in [5.74, 6) is 3.08. The zero-order valence-electron chi connectivity index (χ0n) is 18.6. The minimum atomic E-state index is -0.217. The van der Waals surface area contributed by atoms with E-state index in [1.165, 1.54) is 6.08 Å². The lowest BCUT2D eigenvalue weighted by molar-refractivity contribution is -0.117. The first-order chi connectivity index (χ1) is 15.0. The van der Waals surface area contributed by atoms with Gasteiger partial charge in [-0.15, -0.1) is 0 Å². The number of fused-ring (bicyclic) bond motifs is 1. The van der Waals surface area contributed by atoms with E-state index < -0.39 is 0 Å². The van der Waals surface area contributed by atoms with Gasteiger partial charge in [0.1, 0.15) is 19.0 Å². The molecule has 0 unspecified atom stereocenters. The van der Waals surface area contributed by atoms with Crippen molar-refractivity contribution in [2.24, 2.45) is 5.92 Å². The Balaban J connectivity index is 1.79. The second kappa shape index (κ2) is 10.1. The van der Waals surface area contributed by atoms with E-state index in [9.17, 15) is 4.79 Å². The van der Waals surface area contributed by atoms with E-state index in [-0.39, 0.29) is 17.9 Å². The van der Waals surface area contributed by atoms with Crippen LogP contribution in [0, 0.1) is 5.92 Å². The fraction of sp³-hybridized carbons (Fsp3) is 0.375. The van der Waals surface area contributed by atoms with Gasteiger partial charge in [-0.2, -0.15) is 0 Å². The molecular formula is C24H29NO6. The maximum atomic E-state index is 12.7.